The van der Waals surface area contributed by atoms with Gasteiger partial charge in [-0.1, -0.05) is 27.7 Å². The van der Waals surface area contributed by atoms with Gasteiger partial charge in [0.2, 0.25) is 5.52 Å². The molecule has 2 aromatic rings. The van der Waals surface area contributed by atoms with Crippen molar-refractivity contribution in [2.24, 2.45) is 0 Å². The van der Waals surface area contributed by atoms with Crippen LogP contribution in [-0.2, 0) is 0 Å². The van der Waals surface area contributed by atoms with Gasteiger partial charge in [-0.25, -0.2) is 4.63 Å². The van der Waals surface area contributed by atoms with Gasteiger partial charge in [0.15, 0.2) is 5.52 Å². The Morgan fingerprint density at radius 2 is 1.67 bits per heavy atom. The summed E-state index contributed by atoms with van der Waals surface area (Å²) in [5, 5.41) is 26.4. The highest BCUT2D eigenvalue weighted by Gasteiger charge is 2.44. The van der Waals surface area contributed by atoms with E-state index in [9.17, 15) is 10.1 Å². The second-order valence-corrected chi connectivity index (χ2v) is 7.70. The number of nitrogens with one attached hydrogen (secondary N) is 2. The number of benzene rings is 1. The number of nitro benzene ring substituents is 1. The monoisotopic (exact) mass is 375 g/mol. The highest BCUT2D eigenvalue weighted by Crippen LogP contribution is 2.39. The zero-order valence-corrected chi connectivity index (χ0v) is 16.5. The third-order valence-corrected chi connectivity index (χ3v) is 6.46. The quantitative estimate of drug-likeness (QED) is 0.545. The molecule has 0 bridgehead atoms. The van der Waals surface area contributed by atoms with Gasteiger partial charge in [-0.15, -0.1) is 0 Å². The van der Waals surface area contributed by atoms with E-state index in [-0.39, 0.29) is 28.3 Å². The molecular formula is C19H29N5O3. The molecular weight excluding hydrogens is 346 g/mol. The minimum Gasteiger partial charge on any atom is -0.380 e. The van der Waals surface area contributed by atoms with Crippen molar-refractivity contribution in [3.8, 4) is 0 Å². The van der Waals surface area contributed by atoms with Crippen LogP contribution in [0.25, 0.3) is 11.0 Å². The Bertz CT molecular complexity index is 791. The summed E-state index contributed by atoms with van der Waals surface area (Å²) in [5.74, 6) is 0. The van der Waals surface area contributed by atoms with Crippen LogP contribution in [0.15, 0.2) is 16.8 Å². The molecule has 2 N–H and O–H groups in total. The first kappa shape index (κ1) is 19.5. The maximum absolute atomic E-state index is 11.2. The Labute approximate surface area is 159 Å². The number of non-ortho nitro benzene ring substituents is 1. The van der Waals surface area contributed by atoms with Crippen LogP contribution in [0, 0.1) is 10.1 Å². The third kappa shape index (κ3) is 3.50. The number of aromatic nitrogens is 2. The number of anilines is 1. The van der Waals surface area contributed by atoms with E-state index < -0.39 is 4.92 Å². The lowest BCUT2D eigenvalue weighted by Gasteiger charge is -2.52. The number of hydrogen-bond donors (Lipinski definition) is 2. The fraction of sp³-hybridized carbons (Fsp3) is 0.684. The average molecular weight is 375 g/mol. The van der Waals surface area contributed by atoms with Crippen molar-refractivity contribution in [2.75, 3.05) is 5.32 Å². The molecule has 1 aliphatic rings. The number of fused-ring (bicyclic) bond motifs is 1. The van der Waals surface area contributed by atoms with E-state index in [0.717, 1.165) is 44.2 Å². The molecule has 2 heterocycles. The third-order valence-electron chi connectivity index (χ3n) is 6.46. The predicted octanol–water partition coefficient (Wildman–Crippen LogP) is 4.41. The smallest absolute Gasteiger partial charge is 0.300 e. The van der Waals surface area contributed by atoms with E-state index in [1.54, 1.807) is 6.07 Å². The fourth-order valence-electron chi connectivity index (χ4n) is 4.55. The van der Waals surface area contributed by atoms with Crippen molar-refractivity contribution < 1.29 is 9.55 Å². The van der Waals surface area contributed by atoms with Crippen LogP contribution < -0.4 is 10.6 Å². The number of nitrogens with zero attached hydrogens (tertiary/aromatic N) is 3. The summed E-state index contributed by atoms with van der Waals surface area (Å²) < 4.78 is 4.80. The molecule has 1 aliphatic heterocycles. The maximum atomic E-state index is 11.2. The SMILES string of the molecule is CCC1(CC)CC(Nc2ccc([N+](=O)[O-])c3nonc23)CC(CC)(CC)N1. The van der Waals surface area contributed by atoms with Crippen LogP contribution in [0.2, 0.25) is 0 Å². The van der Waals surface area contributed by atoms with Gasteiger partial charge in [0.05, 0.1) is 10.6 Å². The highest BCUT2D eigenvalue weighted by atomic mass is 16.6. The summed E-state index contributed by atoms with van der Waals surface area (Å²) in [6.07, 6.45) is 6.22. The Balaban J connectivity index is 1.94. The summed E-state index contributed by atoms with van der Waals surface area (Å²) in [6.45, 7) is 8.95. The number of rotatable bonds is 7. The molecule has 0 saturated carbocycles. The molecule has 27 heavy (non-hydrogen) atoms. The van der Waals surface area contributed by atoms with Crippen molar-refractivity contribution in [3.05, 3.63) is 22.2 Å². The van der Waals surface area contributed by atoms with Crippen molar-refractivity contribution >= 4 is 22.4 Å². The van der Waals surface area contributed by atoms with Crippen molar-refractivity contribution in [1.29, 1.82) is 0 Å². The largest absolute Gasteiger partial charge is 0.380 e. The lowest BCUT2D eigenvalue weighted by atomic mass is 9.71. The minimum atomic E-state index is -0.459. The van der Waals surface area contributed by atoms with Gasteiger partial charge in [-0.3, -0.25) is 10.1 Å². The standard InChI is InChI=1S/C19H29N5O3/c1-5-18(6-2)11-13(12-19(7-3,8-4)23-18)20-14-9-10-15(24(25)26)17-16(14)21-27-22-17/h9-10,13,20,23H,5-8,11-12H2,1-4H3. The fourth-order valence-corrected chi connectivity index (χ4v) is 4.55. The van der Waals surface area contributed by atoms with Crippen molar-refractivity contribution in [3.63, 3.8) is 0 Å². The van der Waals surface area contributed by atoms with Crippen LogP contribution in [0.4, 0.5) is 11.4 Å². The van der Waals surface area contributed by atoms with E-state index in [2.05, 4.69) is 48.6 Å². The zero-order valence-electron chi connectivity index (χ0n) is 16.5. The molecule has 1 aromatic carbocycles. The Morgan fingerprint density at radius 3 is 2.19 bits per heavy atom. The Hall–Kier alpha value is -2.22. The topological polar surface area (TPSA) is 106 Å². The maximum Gasteiger partial charge on any atom is 0.300 e. The van der Waals surface area contributed by atoms with Gasteiger partial charge in [0, 0.05) is 23.2 Å². The van der Waals surface area contributed by atoms with Gasteiger partial charge in [0.1, 0.15) is 0 Å². The van der Waals surface area contributed by atoms with Crippen molar-refractivity contribution in [1.82, 2.24) is 15.6 Å². The van der Waals surface area contributed by atoms with E-state index in [0.29, 0.717) is 5.52 Å². The van der Waals surface area contributed by atoms with Crippen LogP contribution in [0.1, 0.15) is 66.2 Å². The molecule has 1 fully saturated rings. The van der Waals surface area contributed by atoms with Crippen LogP contribution >= 0.6 is 0 Å². The van der Waals surface area contributed by atoms with Gasteiger partial charge < -0.3 is 10.6 Å². The summed E-state index contributed by atoms with van der Waals surface area (Å²) in [6, 6.07) is 3.43. The lowest BCUT2D eigenvalue weighted by Crippen LogP contribution is -2.64. The highest BCUT2D eigenvalue weighted by molar-refractivity contribution is 5.93. The van der Waals surface area contributed by atoms with E-state index in [1.165, 1.54) is 6.07 Å². The van der Waals surface area contributed by atoms with Gasteiger partial charge in [-0.2, -0.15) is 0 Å². The van der Waals surface area contributed by atoms with Crippen LogP contribution in [-0.4, -0.2) is 32.4 Å². The second kappa shape index (κ2) is 7.42. The molecule has 1 aromatic heterocycles. The predicted molar refractivity (Wildman–Crippen MR) is 105 cm³/mol. The first-order valence-electron chi connectivity index (χ1n) is 9.87. The van der Waals surface area contributed by atoms with Crippen molar-refractivity contribution in [2.45, 2.75) is 83.3 Å². The average Bonchev–Trinajstić information content (AvgIpc) is 3.17. The molecule has 0 aliphatic carbocycles. The molecule has 3 rings (SSSR count). The minimum absolute atomic E-state index is 0.0872. The zero-order chi connectivity index (χ0) is 19.7. The Morgan fingerprint density at radius 1 is 1.11 bits per heavy atom. The van der Waals surface area contributed by atoms with E-state index in [1.807, 2.05) is 0 Å². The molecule has 0 spiro atoms. The first-order chi connectivity index (χ1) is 12.9. The lowest BCUT2D eigenvalue weighted by molar-refractivity contribution is -0.383. The molecule has 0 atom stereocenters. The van der Waals surface area contributed by atoms with Crippen LogP contribution in [0.3, 0.4) is 0 Å². The first-order valence-corrected chi connectivity index (χ1v) is 9.87. The Kier molecular flexibility index (Phi) is 5.37. The van der Waals surface area contributed by atoms with E-state index in [4.69, 9.17) is 4.63 Å². The summed E-state index contributed by atoms with van der Waals surface area (Å²) in [7, 11) is 0. The normalized spacial score (nSPS) is 19.3. The molecule has 148 valence electrons. The number of hydrogen-bond acceptors (Lipinski definition) is 7. The number of piperidine rings is 1. The van der Waals surface area contributed by atoms with E-state index >= 15 is 0 Å². The molecule has 8 heteroatoms. The second-order valence-electron chi connectivity index (χ2n) is 7.70. The molecule has 0 unspecified atom stereocenters. The molecule has 1 saturated heterocycles. The summed E-state index contributed by atoms with van der Waals surface area (Å²) >= 11 is 0. The molecule has 0 amide bonds. The van der Waals surface area contributed by atoms with Gasteiger partial charge >= 0.3 is 5.69 Å². The van der Waals surface area contributed by atoms with Gasteiger partial charge in [-0.05, 0) is 54.9 Å². The molecule has 8 nitrogen and oxygen atoms in total. The summed E-state index contributed by atoms with van der Waals surface area (Å²) in [5.41, 5.74) is 1.43. The van der Waals surface area contributed by atoms with Gasteiger partial charge in [0.25, 0.3) is 0 Å². The number of nitro groups is 1. The molecule has 0 radical (unpaired) electrons. The van der Waals surface area contributed by atoms with Crippen LogP contribution in [0.5, 0.6) is 0 Å². The summed E-state index contributed by atoms with van der Waals surface area (Å²) in [4.78, 5) is 10.7.